The molecule has 0 radical (unpaired) electrons. The van der Waals surface area contributed by atoms with Crippen molar-refractivity contribution < 1.29 is 4.79 Å². The quantitative estimate of drug-likeness (QED) is 0.309. The second kappa shape index (κ2) is 10.6. The van der Waals surface area contributed by atoms with Crippen LogP contribution in [0.1, 0.15) is 37.3 Å². The maximum Gasteiger partial charge on any atom is 0.261 e. The Balaban J connectivity index is 1.72. The number of tetrazole rings is 1. The van der Waals surface area contributed by atoms with Crippen molar-refractivity contribution in [3.8, 4) is 11.4 Å². The van der Waals surface area contributed by atoms with Gasteiger partial charge in [-0.05, 0) is 59.3 Å². The summed E-state index contributed by atoms with van der Waals surface area (Å²) < 4.78 is 1.63. The van der Waals surface area contributed by atoms with Gasteiger partial charge in [0.05, 0.1) is 5.69 Å². The molecule has 2 aromatic carbocycles. The first kappa shape index (κ1) is 20.8. The monoisotopic (exact) mass is 407 g/mol. The maximum atomic E-state index is 12.9. The van der Waals surface area contributed by atoms with Gasteiger partial charge >= 0.3 is 0 Å². The highest BCUT2D eigenvalue weighted by atomic mass is 32.2. The number of aromatic nitrogens is 4. The lowest BCUT2D eigenvalue weighted by molar-refractivity contribution is -0.112. The van der Waals surface area contributed by atoms with Gasteiger partial charge in [0.15, 0.2) is 0 Å². The first-order chi connectivity index (χ1) is 14.2. The van der Waals surface area contributed by atoms with E-state index in [4.69, 9.17) is 0 Å². The highest BCUT2D eigenvalue weighted by molar-refractivity contribution is 8.00. The van der Waals surface area contributed by atoms with Gasteiger partial charge in [0.2, 0.25) is 5.82 Å². The molecule has 1 aromatic heterocycles. The van der Waals surface area contributed by atoms with Crippen LogP contribution in [0.2, 0.25) is 0 Å². The third kappa shape index (κ3) is 5.54. The average molecular weight is 408 g/mol. The first-order valence-corrected chi connectivity index (χ1v) is 10.9. The number of nitrogens with one attached hydrogen (secondary N) is 1. The number of carbonyl (C=O) groups is 1. The van der Waals surface area contributed by atoms with Crippen molar-refractivity contribution in [2.24, 2.45) is 0 Å². The predicted octanol–water partition coefficient (Wildman–Crippen LogP) is 4.92. The molecule has 0 spiro atoms. The molecular weight excluding hydrogens is 382 g/mol. The molecule has 0 saturated carbocycles. The molecule has 0 bridgehead atoms. The van der Waals surface area contributed by atoms with Crippen molar-refractivity contribution in [2.75, 3.05) is 10.6 Å². The zero-order chi connectivity index (χ0) is 20.5. The summed E-state index contributed by atoms with van der Waals surface area (Å²) in [6.45, 7) is 2.21. The standard InChI is InChI=1S/C22H25N5OS/c1-3-4-5-8-17-11-13-18(14-12-17)15-16-21(28)27(29-2)20-10-7-6-9-19(20)22-23-25-26-24-22/h6-7,9-16H,3-5,8H2,1-2H3,(H,23,24,25,26)/b16-15+. The number of aromatic amines is 1. The summed E-state index contributed by atoms with van der Waals surface area (Å²) in [4.78, 5) is 12.9. The van der Waals surface area contributed by atoms with Gasteiger partial charge in [-0.3, -0.25) is 9.10 Å². The summed E-state index contributed by atoms with van der Waals surface area (Å²) in [5.74, 6) is 0.329. The van der Waals surface area contributed by atoms with Crippen molar-refractivity contribution in [3.63, 3.8) is 0 Å². The smallest absolute Gasteiger partial charge is 0.261 e. The molecule has 150 valence electrons. The fourth-order valence-corrected chi connectivity index (χ4v) is 3.63. The number of hydrogen-bond donors (Lipinski definition) is 1. The van der Waals surface area contributed by atoms with Crippen molar-refractivity contribution >= 4 is 29.6 Å². The van der Waals surface area contributed by atoms with Gasteiger partial charge in [-0.1, -0.05) is 56.2 Å². The van der Waals surface area contributed by atoms with Crippen LogP contribution in [0.4, 0.5) is 5.69 Å². The van der Waals surface area contributed by atoms with Crippen LogP contribution >= 0.6 is 11.9 Å². The fraction of sp³-hybridized carbons (Fsp3) is 0.273. The number of rotatable bonds is 9. The number of H-pyrrole nitrogens is 1. The number of para-hydroxylation sites is 1. The van der Waals surface area contributed by atoms with Gasteiger partial charge in [0, 0.05) is 17.9 Å². The zero-order valence-corrected chi connectivity index (χ0v) is 17.5. The molecule has 0 aliphatic carbocycles. The van der Waals surface area contributed by atoms with Crippen molar-refractivity contribution in [1.82, 2.24) is 20.6 Å². The number of aryl methyl sites for hydroxylation is 1. The Bertz CT molecular complexity index is 938. The van der Waals surface area contributed by atoms with Crippen LogP contribution in [-0.4, -0.2) is 32.8 Å². The van der Waals surface area contributed by atoms with Crippen LogP contribution in [0.15, 0.2) is 54.6 Å². The average Bonchev–Trinajstić information content (AvgIpc) is 3.29. The minimum Gasteiger partial charge on any atom is -0.268 e. The van der Waals surface area contributed by atoms with Crippen LogP contribution in [0.3, 0.4) is 0 Å². The summed E-state index contributed by atoms with van der Waals surface area (Å²) >= 11 is 1.34. The highest BCUT2D eigenvalue weighted by Gasteiger charge is 2.18. The number of anilines is 1. The van der Waals surface area contributed by atoms with Gasteiger partial charge < -0.3 is 0 Å². The SMILES string of the molecule is CCCCCc1ccc(/C=C/C(=O)N(SC)c2ccccc2-c2nn[nH]n2)cc1. The van der Waals surface area contributed by atoms with Gasteiger partial charge in [0.1, 0.15) is 0 Å². The van der Waals surface area contributed by atoms with Gasteiger partial charge in [0.25, 0.3) is 5.91 Å². The molecule has 1 N–H and O–H groups in total. The Morgan fingerprint density at radius 1 is 1.14 bits per heavy atom. The van der Waals surface area contributed by atoms with Gasteiger partial charge in [-0.2, -0.15) is 5.21 Å². The molecule has 7 heteroatoms. The molecule has 6 nitrogen and oxygen atoms in total. The Hall–Kier alpha value is -2.93. The molecule has 1 amide bonds. The third-order valence-electron chi connectivity index (χ3n) is 4.56. The molecule has 0 saturated heterocycles. The highest BCUT2D eigenvalue weighted by Crippen LogP contribution is 2.31. The van der Waals surface area contributed by atoms with Gasteiger partial charge in [-0.25, -0.2) is 0 Å². The molecular formula is C22H25N5OS. The van der Waals surface area contributed by atoms with Crippen molar-refractivity contribution in [3.05, 3.63) is 65.7 Å². The normalized spacial score (nSPS) is 11.1. The summed E-state index contributed by atoms with van der Waals surface area (Å²) in [5, 5.41) is 14.1. The molecule has 3 rings (SSSR count). The van der Waals surface area contributed by atoms with E-state index in [1.54, 1.807) is 10.4 Å². The van der Waals surface area contributed by atoms with Crippen LogP contribution in [-0.2, 0) is 11.2 Å². The number of benzene rings is 2. The molecule has 1 heterocycles. The fourth-order valence-electron chi connectivity index (χ4n) is 3.03. The summed E-state index contributed by atoms with van der Waals surface area (Å²) in [5.41, 5.74) is 3.81. The molecule has 0 aliphatic heterocycles. The zero-order valence-electron chi connectivity index (χ0n) is 16.7. The van der Waals surface area contributed by atoms with Crippen LogP contribution in [0.5, 0.6) is 0 Å². The van der Waals surface area contributed by atoms with E-state index in [9.17, 15) is 4.79 Å². The van der Waals surface area contributed by atoms with Crippen molar-refractivity contribution in [2.45, 2.75) is 32.6 Å². The Morgan fingerprint density at radius 2 is 1.93 bits per heavy atom. The molecule has 0 aliphatic rings. The summed E-state index contributed by atoms with van der Waals surface area (Å²) in [6.07, 6.45) is 10.1. The lowest BCUT2D eigenvalue weighted by Crippen LogP contribution is -2.21. The van der Waals surface area contributed by atoms with Crippen LogP contribution < -0.4 is 4.31 Å². The van der Waals surface area contributed by atoms with E-state index >= 15 is 0 Å². The topological polar surface area (TPSA) is 74.8 Å². The Labute approximate surface area is 175 Å². The molecule has 29 heavy (non-hydrogen) atoms. The molecule has 0 fully saturated rings. The van der Waals surface area contributed by atoms with E-state index in [1.165, 1.54) is 36.8 Å². The second-order valence-electron chi connectivity index (χ2n) is 6.60. The second-order valence-corrected chi connectivity index (χ2v) is 7.33. The third-order valence-corrected chi connectivity index (χ3v) is 5.30. The summed E-state index contributed by atoms with van der Waals surface area (Å²) in [6, 6.07) is 15.9. The predicted molar refractivity (Wildman–Crippen MR) is 119 cm³/mol. The van der Waals surface area contributed by atoms with E-state index in [2.05, 4.69) is 51.8 Å². The van der Waals surface area contributed by atoms with Gasteiger partial charge in [-0.15, -0.1) is 10.2 Å². The molecule has 0 atom stereocenters. The van der Waals surface area contributed by atoms with E-state index in [0.717, 1.165) is 23.2 Å². The van der Waals surface area contributed by atoms with E-state index in [0.29, 0.717) is 5.82 Å². The number of nitrogens with zero attached hydrogens (tertiary/aromatic N) is 4. The number of carbonyl (C=O) groups excluding carboxylic acids is 1. The van der Waals surface area contributed by atoms with Crippen molar-refractivity contribution in [1.29, 1.82) is 0 Å². The number of unbranched alkanes of at least 4 members (excludes halogenated alkanes) is 2. The lowest BCUT2D eigenvalue weighted by atomic mass is 10.1. The lowest BCUT2D eigenvalue weighted by Gasteiger charge is -2.20. The Morgan fingerprint density at radius 3 is 2.62 bits per heavy atom. The minimum absolute atomic E-state index is 0.125. The Kier molecular flexibility index (Phi) is 7.58. The van der Waals surface area contributed by atoms with E-state index < -0.39 is 0 Å². The first-order valence-electron chi connectivity index (χ1n) is 9.71. The summed E-state index contributed by atoms with van der Waals surface area (Å²) in [7, 11) is 0. The molecule has 3 aromatic rings. The van der Waals surface area contributed by atoms with Crippen LogP contribution in [0, 0.1) is 0 Å². The van der Waals surface area contributed by atoms with E-state index in [-0.39, 0.29) is 5.91 Å². The minimum atomic E-state index is -0.125. The number of amides is 1. The number of hydrogen-bond acceptors (Lipinski definition) is 5. The maximum absolute atomic E-state index is 12.9. The van der Waals surface area contributed by atoms with Crippen LogP contribution in [0.25, 0.3) is 17.5 Å². The molecule has 0 unspecified atom stereocenters. The van der Waals surface area contributed by atoms with E-state index in [1.807, 2.05) is 36.6 Å². The largest absolute Gasteiger partial charge is 0.268 e.